The summed E-state index contributed by atoms with van der Waals surface area (Å²) in [6.07, 6.45) is 1.65. The molecule has 1 N–H and O–H groups in total. The van der Waals surface area contributed by atoms with E-state index in [2.05, 4.69) is 51.7 Å². The maximum absolute atomic E-state index is 8.85. The first kappa shape index (κ1) is 16.6. The standard InChI is InChI=1S/C22H16N4O/c23-14-16-6-9-20(10-7-16)25-22-24-12-11-21(26-22)27-15-17-5-8-18-3-1-2-4-19(18)13-17/h1-13H,15H2,(H,24,25,26). The van der Waals surface area contributed by atoms with Gasteiger partial charge in [-0.3, -0.25) is 0 Å². The Hall–Kier alpha value is -3.91. The fraction of sp³-hybridized carbons (Fsp3) is 0.0455. The van der Waals surface area contributed by atoms with E-state index in [-0.39, 0.29) is 0 Å². The third-order valence-corrected chi connectivity index (χ3v) is 4.10. The SMILES string of the molecule is N#Cc1ccc(Nc2nccc(OCc3ccc4ccccc4c3)n2)cc1. The van der Waals surface area contributed by atoms with Crippen LogP contribution < -0.4 is 10.1 Å². The topological polar surface area (TPSA) is 70.8 Å². The average molecular weight is 352 g/mol. The van der Waals surface area contributed by atoms with Gasteiger partial charge in [0.05, 0.1) is 11.6 Å². The Morgan fingerprint density at radius 1 is 0.926 bits per heavy atom. The van der Waals surface area contributed by atoms with Gasteiger partial charge in [0, 0.05) is 18.0 Å². The molecule has 0 spiro atoms. The molecule has 0 atom stereocenters. The van der Waals surface area contributed by atoms with E-state index in [0.717, 1.165) is 11.3 Å². The van der Waals surface area contributed by atoms with Crippen LogP contribution in [-0.4, -0.2) is 9.97 Å². The number of nitrogens with one attached hydrogen (secondary N) is 1. The fourth-order valence-electron chi connectivity index (χ4n) is 2.73. The molecule has 0 saturated heterocycles. The largest absolute Gasteiger partial charge is 0.473 e. The van der Waals surface area contributed by atoms with Crippen LogP contribution in [0.1, 0.15) is 11.1 Å². The van der Waals surface area contributed by atoms with E-state index in [9.17, 15) is 0 Å². The smallest absolute Gasteiger partial charge is 0.230 e. The molecule has 0 radical (unpaired) electrons. The highest BCUT2D eigenvalue weighted by atomic mass is 16.5. The van der Waals surface area contributed by atoms with Crippen molar-refractivity contribution in [1.82, 2.24) is 9.97 Å². The number of nitrogens with zero attached hydrogens (tertiary/aromatic N) is 3. The molecule has 1 aromatic heterocycles. The maximum atomic E-state index is 8.85. The van der Waals surface area contributed by atoms with Crippen molar-refractivity contribution >= 4 is 22.4 Å². The molecular formula is C22H16N4O. The number of hydrogen-bond donors (Lipinski definition) is 1. The van der Waals surface area contributed by atoms with Gasteiger partial charge in [-0.05, 0) is 46.7 Å². The molecular weight excluding hydrogens is 336 g/mol. The van der Waals surface area contributed by atoms with Crippen molar-refractivity contribution in [2.45, 2.75) is 6.61 Å². The Labute approximate surface area is 156 Å². The minimum atomic E-state index is 0.429. The van der Waals surface area contributed by atoms with Gasteiger partial charge in [0.1, 0.15) is 6.61 Å². The van der Waals surface area contributed by atoms with E-state index in [4.69, 9.17) is 10.00 Å². The number of nitriles is 1. The number of anilines is 2. The molecule has 1 heterocycles. The number of rotatable bonds is 5. The van der Waals surface area contributed by atoms with Crippen LogP contribution in [0.5, 0.6) is 5.88 Å². The van der Waals surface area contributed by atoms with Gasteiger partial charge in [-0.2, -0.15) is 10.2 Å². The van der Waals surface area contributed by atoms with Crippen molar-refractivity contribution in [2.75, 3.05) is 5.32 Å². The quantitative estimate of drug-likeness (QED) is 0.557. The van der Waals surface area contributed by atoms with Crippen LogP contribution in [0.25, 0.3) is 10.8 Å². The number of ether oxygens (including phenoxy) is 1. The van der Waals surface area contributed by atoms with Crippen molar-refractivity contribution in [3.05, 3.63) is 90.1 Å². The molecule has 0 unspecified atom stereocenters. The summed E-state index contributed by atoms with van der Waals surface area (Å²) in [6, 6.07) is 25.4. The van der Waals surface area contributed by atoms with E-state index in [1.54, 1.807) is 24.4 Å². The minimum absolute atomic E-state index is 0.429. The summed E-state index contributed by atoms with van der Waals surface area (Å²) in [5, 5.41) is 14.4. The first-order valence-electron chi connectivity index (χ1n) is 8.51. The fourth-order valence-corrected chi connectivity index (χ4v) is 2.73. The van der Waals surface area contributed by atoms with Gasteiger partial charge in [0.25, 0.3) is 0 Å². The zero-order valence-electron chi connectivity index (χ0n) is 14.5. The normalized spacial score (nSPS) is 10.3. The number of fused-ring (bicyclic) bond motifs is 1. The Morgan fingerprint density at radius 2 is 1.74 bits per heavy atom. The van der Waals surface area contributed by atoms with Gasteiger partial charge in [-0.1, -0.05) is 36.4 Å². The van der Waals surface area contributed by atoms with E-state index in [1.165, 1.54) is 10.8 Å². The summed E-state index contributed by atoms with van der Waals surface area (Å²) in [4.78, 5) is 8.58. The molecule has 3 aromatic carbocycles. The minimum Gasteiger partial charge on any atom is -0.473 e. The van der Waals surface area contributed by atoms with Crippen LogP contribution in [0.15, 0.2) is 79.0 Å². The summed E-state index contributed by atoms with van der Waals surface area (Å²) in [5.74, 6) is 0.935. The van der Waals surface area contributed by atoms with Crippen LogP contribution >= 0.6 is 0 Å². The monoisotopic (exact) mass is 352 g/mol. The van der Waals surface area contributed by atoms with Gasteiger partial charge in [0.2, 0.25) is 11.8 Å². The molecule has 0 aliphatic heterocycles. The maximum Gasteiger partial charge on any atom is 0.230 e. The molecule has 0 amide bonds. The third kappa shape index (κ3) is 4.02. The van der Waals surface area contributed by atoms with Crippen LogP contribution in [0, 0.1) is 11.3 Å². The van der Waals surface area contributed by atoms with Gasteiger partial charge in [-0.25, -0.2) is 4.98 Å². The highest BCUT2D eigenvalue weighted by molar-refractivity contribution is 5.82. The summed E-state index contributed by atoms with van der Waals surface area (Å²) < 4.78 is 5.82. The highest BCUT2D eigenvalue weighted by Crippen LogP contribution is 2.19. The van der Waals surface area contributed by atoms with Crippen molar-refractivity contribution < 1.29 is 4.74 Å². The van der Waals surface area contributed by atoms with Crippen LogP contribution in [0.2, 0.25) is 0 Å². The van der Waals surface area contributed by atoms with E-state index >= 15 is 0 Å². The van der Waals surface area contributed by atoms with Gasteiger partial charge in [-0.15, -0.1) is 0 Å². The molecule has 130 valence electrons. The summed E-state index contributed by atoms with van der Waals surface area (Å²) in [7, 11) is 0. The third-order valence-electron chi connectivity index (χ3n) is 4.10. The molecule has 0 saturated carbocycles. The lowest BCUT2D eigenvalue weighted by Crippen LogP contribution is -2.01. The van der Waals surface area contributed by atoms with Crippen molar-refractivity contribution in [3.8, 4) is 11.9 Å². The summed E-state index contributed by atoms with van der Waals surface area (Å²) >= 11 is 0. The van der Waals surface area contributed by atoms with Crippen molar-refractivity contribution in [1.29, 1.82) is 5.26 Å². The van der Waals surface area contributed by atoms with E-state index in [1.807, 2.05) is 24.3 Å². The molecule has 5 nitrogen and oxygen atoms in total. The van der Waals surface area contributed by atoms with Crippen LogP contribution in [-0.2, 0) is 6.61 Å². The zero-order chi connectivity index (χ0) is 18.5. The van der Waals surface area contributed by atoms with E-state index < -0.39 is 0 Å². The Balaban J connectivity index is 1.44. The molecule has 0 fully saturated rings. The molecule has 0 bridgehead atoms. The summed E-state index contributed by atoms with van der Waals surface area (Å²) in [6.45, 7) is 0.429. The second kappa shape index (κ2) is 7.54. The molecule has 4 aromatic rings. The molecule has 4 rings (SSSR count). The zero-order valence-corrected chi connectivity index (χ0v) is 14.5. The van der Waals surface area contributed by atoms with Crippen LogP contribution in [0.4, 0.5) is 11.6 Å². The molecule has 27 heavy (non-hydrogen) atoms. The lowest BCUT2D eigenvalue weighted by Gasteiger charge is -2.09. The number of hydrogen-bond acceptors (Lipinski definition) is 5. The van der Waals surface area contributed by atoms with Gasteiger partial charge >= 0.3 is 0 Å². The Bertz CT molecular complexity index is 1120. The number of benzene rings is 3. The Kier molecular flexibility index (Phi) is 4.62. The molecule has 0 aliphatic rings. The number of aromatic nitrogens is 2. The Morgan fingerprint density at radius 3 is 2.56 bits per heavy atom. The molecule has 5 heteroatoms. The van der Waals surface area contributed by atoms with Crippen molar-refractivity contribution in [3.63, 3.8) is 0 Å². The summed E-state index contributed by atoms with van der Waals surface area (Å²) in [5.41, 5.74) is 2.49. The first-order valence-corrected chi connectivity index (χ1v) is 8.51. The average Bonchev–Trinajstić information content (AvgIpc) is 2.73. The lowest BCUT2D eigenvalue weighted by atomic mass is 10.1. The second-order valence-electron chi connectivity index (χ2n) is 6.00. The van der Waals surface area contributed by atoms with Gasteiger partial charge in [0.15, 0.2) is 0 Å². The van der Waals surface area contributed by atoms with Crippen LogP contribution in [0.3, 0.4) is 0 Å². The lowest BCUT2D eigenvalue weighted by molar-refractivity contribution is 0.294. The highest BCUT2D eigenvalue weighted by Gasteiger charge is 2.03. The predicted octanol–water partition coefficient (Wildman–Crippen LogP) is 4.82. The van der Waals surface area contributed by atoms with Gasteiger partial charge < -0.3 is 10.1 Å². The van der Waals surface area contributed by atoms with E-state index in [0.29, 0.717) is 24.0 Å². The molecule has 0 aliphatic carbocycles. The predicted molar refractivity (Wildman–Crippen MR) is 105 cm³/mol. The first-order chi connectivity index (χ1) is 13.3. The van der Waals surface area contributed by atoms with Crippen molar-refractivity contribution in [2.24, 2.45) is 0 Å². The second-order valence-corrected chi connectivity index (χ2v) is 6.00.